The molecule has 0 rings (SSSR count). The first-order chi connectivity index (χ1) is 6.73. The Morgan fingerprint density at radius 3 is 0.500 bits per heavy atom. The van der Waals surface area contributed by atoms with Crippen LogP contribution < -0.4 is 0 Å². The van der Waals surface area contributed by atoms with Gasteiger partial charge in [-0.15, -0.1) is 0 Å². The normalized spacial score (nSPS) is 4.71. The average Bonchev–Trinajstić information content (AvgIpc) is 2.30. The maximum atomic E-state index is 8.19. The van der Waals surface area contributed by atoms with E-state index in [0.29, 0.717) is 0 Å². The Labute approximate surface area is 96.7 Å². The molecule has 0 aromatic heterocycles. The second-order valence-corrected chi connectivity index (χ2v) is 3.28. The lowest BCUT2D eigenvalue weighted by Crippen LogP contribution is -1.93. The monoisotopic (exact) mass is 226 g/mol. The van der Waals surface area contributed by atoms with Crippen molar-refractivity contribution in [2.45, 2.75) is 82.3 Å². The van der Waals surface area contributed by atoms with Crippen molar-refractivity contribution in [3.05, 3.63) is 0 Å². The fourth-order valence-corrected chi connectivity index (χ4v) is 0. The Hall–Kier alpha value is 0.177. The summed E-state index contributed by atoms with van der Waals surface area (Å²) in [6.45, 7) is 23.7. The van der Waals surface area contributed by atoms with E-state index in [1.165, 1.54) is 0 Å². The third-order valence-electron chi connectivity index (χ3n) is 0. The molecule has 0 aliphatic heterocycles. The molecule has 0 unspecified atom stereocenters. The Bertz CT molecular complexity index is 15.0. The van der Waals surface area contributed by atoms with E-state index in [1.807, 2.05) is 82.3 Å². The predicted octanol–water partition coefficient (Wildman–Crippen LogP) is 5.09. The summed E-state index contributed by atoms with van der Waals surface area (Å²) in [5.41, 5.74) is 0. The van der Waals surface area contributed by atoms with Crippen LogP contribution in [0.15, 0.2) is 0 Å². The molecule has 0 heterocycles. The third-order valence-corrected chi connectivity index (χ3v) is 0. The van der Waals surface area contributed by atoms with Crippen LogP contribution in [0.2, 0.25) is 13.1 Å². The molecule has 0 atom stereocenters. The number of hydrogen-bond donors (Lipinski definition) is 1. The largest absolute Gasteiger partial charge is 0.435 e. The molecular formula is C12H38OSi. The third kappa shape index (κ3) is 48600. The highest BCUT2D eigenvalue weighted by molar-refractivity contribution is 6.46. The van der Waals surface area contributed by atoms with E-state index in [0.717, 1.165) is 0 Å². The highest BCUT2D eigenvalue weighted by Gasteiger charge is 1.74. The van der Waals surface area contributed by atoms with Gasteiger partial charge in [0.25, 0.3) is 0 Å². The molecule has 1 nitrogen and oxygen atoms in total. The van der Waals surface area contributed by atoms with Crippen LogP contribution in [0.3, 0.4) is 0 Å². The van der Waals surface area contributed by atoms with E-state index in [9.17, 15) is 0 Å². The van der Waals surface area contributed by atoms with Crippen molar-refractivity contribution >= 4 is 9.04 Å². The molecule has 0 aliphatic carbocycles. The van der Waals surface area contributed by atoms with Crippen molar-refractivity contribution in [3.8, 4) is 0 Å². The SMILES string of the molecule is CC.CC.CC.CC.CC.C[SiH](C)O. The van der Waals surface area contributed by atoms with Gasteiger partial charge in [0.1, 0.15) is 0 Å². The van der Waals surface area contributed by atoms with Gasteiger partial charge in [-0.3, -0.25) is 0 Å². The molecule has 0 amide bonds. The zero-order valence-corrected chi connectivity index (χ0v) is 14.2. The summed E-state index contributed by atoms with van der Waals surface area (Å²) >= 11 is 0. The fraction of sp³-hybridized carbons (Fsp3) is 1.00. The van der Waals surface area contributed by atoms with Gasteiger partial charge in [-0.05, 0) is 13.1 Å². The molecule has 96 valence electrons. The zero-order valence-electron chi connectivity index (χ0n) is 13.0. The predicted molar refractivity (Wildman–Crippen MR) is 77.8 cm³/mol. The van der Waals surface area contributed by atoms with Crippen molar-refractivity contribution in [2.75, 3.05) is 0 Å². The van der Waals surface area contributed by atoms with Crippen LogP contribution in [0, 0.1) is 0 Å². The zero-order chi connectivity index (χ0) is 13.6. The van der Waals surface area contributed by atoms with Crippen molar-refractivity contribution in [1.82, 2.24) is 0 Å². The minimum absolute atomic E-state index is 1.14. The highest BCUT2D eigenvalue weighted by Crippen LogP contribution is 1.60. The van der Waals surface area contributed by atoms with Crippen LogP contribution in [0.25, 0.3) is 0 Å². The summed E-state index contributed by atoms with van der Waals surface area (Å²) in [6.07, 6.45) is 0. The van der Waals surface area contributed by atoms with Crippen molar-refractivity contribution in [1.29, 1.82) is 0 Å². The van der Waals surface area contributed by atoms with Crippen LogP contribution in [0.5, 0.6) is 0 Å². The van der Waals surface area contributed by atoms with Crippen LogP contribution in [-0.2, 0) is 0 Å². The topological polar surface area (TPSA) is 20.2 Å². The molecule has 0 bridgehead atoms. The maximum absolute atomic E-state index is 8.19. The first-order valence-corrected chi connectivity index (χ1v) is 9.24. The summed E-state index contributed by atoms with van der Waals surface area (Å²) in [5.74, 6) is 0. The quantitative estimate of drug-likeness (QED) is 0.570. The van der Waals surface area contributed by atoms with Gasteiger partial charge >= 0.3 is 0 Å². The molecule has 14 heavy (non-hydrogen) atoms. The van der Waals surface area contributed by atoms with E-state index < -0.39 is 9.04 Å². The molecule has 0 radical (unpaired) electrons. The van der Waals surface area contributed by atoms with E-state index in [4.69, 9.17) is 4.80 Å². The Balaban J connectivity index is -0.0000000143. The number of rotatable bonds is 0. The lowest BCUT2D eigenvalue weighted by Gasteiger charge is -1.76. The van der Waals surface area contributed by atoms with Crippen LogP contribution in [0.4, 0.5) is 0 Å². The van der Waals surface area contributed by atoms with E-state index >= 15 is 0 Å². The van der Waals surface area contributed by atoms with Crippen molar-refractivity contribution in [3.63, 3.8) is 0 Å². The van der Waals surface area contributed by atoms with Gasteiger partial charge in [0.05, 0.1) is 0 Å². The van der Waals surface area contributed by atoms with E-state index in [2.05, 4.69) is 0 Å². The van der Waals surface area contributed by atoms with Gasteiger partial charge in [0.15, 0.2) is 9.04 Å². The Morgan fingerprint density at radius 1 is 0.500 bits per heavy atom. The maximum Gasteiger partial charge on any atom is 0.166 e. The van der Waals surface area contributed by atoms with Gasteiger partial charge in [-0.25, -0.2) is 0 Å². The summed E-state index contributed by atoms with van der Waals surface area (Å²) in [5, 5.41) is 0. The standard InChI is InChI=1S/C2H8OSi.5C2H6/c1-4(2)3;5*1-2/h3-4H,1-2H3;5*1-2H3. The summed E-state index contributed by atoms with van der Waals surface area (Å²) in [7, 11) is -1.14. The molecule has 0 aliphatic rings. The first kappa shape index (κ1) is 36.8. The minimum Gasteiger partial charge on any atom is -0.435 e. The Kier molecular flexibility index (Phi) is 509. The molecule has 0 aromatic carbocycles. The number of hydrogen-bond acceptors (Lipinski definition) is 1. The second-order valence-electron chi connectivity index (χ2n) is 1.09. The van der Waals surface area contributed by atoms with Gasteiger partial charge in [0, 0.05) is 0 Å². The van der Waals surface area contributed by atoms with Crippen molar-refractivity contribution < 1.29 is 4.80 Å². The first-order valence-electron chi connectivity index (χ1n) is 6.41. The second kappa shape index (κ2) is 194. The molecule has 0 aromatic rings. The van der Waals surface area contributed by atoms with Crippen LogP contribution in [-0.4, -0.2) is 13.8 Å². The van der Waals surface area contributed by atoms with Gasteiger partial charge in [0.2, 0.25) is 0 Å². The average molecular weight is 227 g/mol. The fourth-order valence-electron chi connectivity index (χ4n) is 0. The summed E-state index contributed by atoms with van der Waals surface area (Å²) in [4.78, 5) is 8.19. The molecule has 0 saturated heterocycles. The van der Waals surface area contributed by atoms with Gasteiger partial charge in [-0.1, -0.05) is 69.2 Å². The van der Waals surface area contributed by atoms with Crippen LogP contribution in [0.1, 0.15) is 69.2 Å². The van der Waals surface area contributed by atoms with Gasteiger partial charge in [-0.2, -0.15) is 0 Å². The van der Waals surface area contributed by atoms with Gasteiger partial charge < -0.3 is 4.80 Å². The summed E-state index contributed by atoms with van der Waals surface area (Å²) in [6, 6.07) is 0. The molecule has 2 heteroatoms. The lowest BCUT2D eigenvalue weighted by molar-refractivity contribution is 0.587. The lowest BCUT2D eigenvalue weighted by atomic mass is 11.0. The molecule has 0 saturated carbocycles. The highest BCUT2D eigenvalue weighted by atomic mass is 28.3. The minimum atomic E-state index is -1.14. The van der Waals surface area contributed by atoms with Crippen LogP contribution >= 0.6 is 0 Å². The van der Waals surface area contributed by atoms with Crippen molar-refractivity contribution in [2.24, 2.45) is 0 Å². The summed E-state index contributed by atoms with van der Waals surface area (Å²) < 4.78 is 0. The van der Waals surface area contributed by atoms with E-state index in [-0.39, 0.29) is 0 Å². The molecular weight excluding hydrogens is 188 g/mol. The molecule has 0 spiro atoms. The van der Waals surface area contributed by atoms with E-state index in [1.54, 1.807) is 0 Å². The smallest absolute Gasteiger partial charge is 0.166 e. The molecule has 0 fully saturated rings. The molecule has 1 N–H and O–H groups in total. The Morgan fingerprint density at radius 2 is 0.500 bits per heavy atom.